The van der Waals surface area contributed by atoms with Crippen LogP contribution in [0.3, 0.4) is 0 Å². The first-order chi connectivity index (χ1) is 9.83. The van der Waals surface area contributed by atoms with Crippen molar-refractivity contribution in [2.45, 2.75) is 12.4 Å². The highest BCUT2D eigenvalue weighted by molar-refractivity contribution is 5.88. The van der Waals surface area contributed by atoms with Gasteiger partial charge in [-0.3, -0.25) is 0 Å². The largest absolute Gasteiger partial charge is 0.490 e. The van der Waals surface area contributed by atoms with Gasteiger partial charge in [0.2, 0.25) is 0 Å². The Balaban J connectivity index is 2.04. The summed E-state index contributed by atoms with van der Waals surface area (Å²) < 4.78 is 21.9. The molecule has 1 aliphatic heterocycles. The van der Waals surface area contributed by atoms with E-state index in [2.05, 4.69) is 12.1 Å². The first-order valence-corrected chi connectivity index (χ1v) is 6.65. The van der Waals surface area contributed by atoms with Crippen LogP contribution in [0.15, 0.2) is 36.4 Å². The summed E-state index contributed by atoms with van der Waals surface area (Å²) in [4.78, 5) is 0. The Labute approximate surface area is 118 Å². The van der Waals surface area contributed by atoms with Crippen LogP contribution in [-0.4, -0.2) is 33.5 Å². The maximum absolute atomic E-state index is 5.87. The summed E-state index contributed by atoms with van der Waals surface area (Å²) in [5.74, 6) is 0.785. The van der Waals surface area contributed by atoms with Crippen LogP contribution in [0.2, 0.25) is 0 Å². The third-order valence-corrected chi connectivity index (χ3v) is 3.42. The fraction of sp³-hybridized carbons (Fsp3) is 0.375. The van der Waals surface area contributed by atoms with Crippen LogP contribution in [0.25, 0.3) is 10.8 Å². The quantitative estimate of drug-likeness (QED) is 0.600. The highest BCUT2D eigenvalue weighted by atomic mass is 16.7. The molecular formula is C16H18O4. The lowest BCUT2D eigenvalue weighted by Gasteiger charge is -2.20. The first-order valence-electron chi connectivity index (χ1n) is 6.65. The summed E-state index contributed by atoms with van der Waals surface area (Å²) in [6, 6.07) is 12.1. The zero-order chi connectivity index (χ0) is 13.9. The molecule has 1 unspecified atom stereocenters. The Bertz CT molecular complexity index is 588. The number of ether oxygens (including phenoxy) is 4. The van der Waals surface area contributed by atoms with Crippen molar-refractivity contribution < 1.29 is 18.9 Å². The molecule has 0 amide bonds. The smallest absolute Gasteiger partial charge is 0.187 e. The van der Waals surface area contributed by atoms with Crippen molar-refractivity contribution in [2.75, 3.05) is 27.4 Å². The average Bonchev–Trinajstić information content (AvgIpc) is 3.31. The van der Waals surface area contributed by atoms with Crippen LogP contribution < -0.4 is 4.74 Å². The van der Waals surface area contributed by atoms with E-state index in [1.165, 1.54) is 0 Å². The third kappa shape index (κ3) is 2.63. The van der Waals surface area contributed by atoms with E-state index in [4.69, 9.17) is 18.9 Å². The molecule has 2 aromatic rings. The second-order valence-corrected chi connectivity index (χ2v) is 4.77. The van der Waals surface area contributed by atoms with Gasteiger partial charge in [0.05, 0.1) is 12.2 Å². The van der Waals surface area contributed by atoms with Crippen molar-refractivity contribution in [3.63, 3.8) is 0 Å². The van der Waals surface area contributed by atoms with E-state index in [0.717, 1.165) is 28.7 Å². The Morgan fingerprint density at radius 3 is 2.60 bits per heavy atom. The zero-order valence-electron chi connectivity index (χ0n) is 11.7. The number of benzene rings is 2. The highest BCUT2D eigenvalue weighted by Gasteiger charge is 2.25. The van der Waals surface area contributed by atoms with E-state index in [1.54, 1.807) is 14.2 Å². The Morgan fingerprint density at radius 2 is 1.90 bits per heavy atom. The predicted octanol–water partition coefficient (Wildman–Crippen LogP) is 2.91. The highest BCUT2D eigenvalue weighted by Crippen LogP contribution is 2.35. The summed E-state index contributed by atoms with van der Waals surface area (Å²) in [5.41, 5.74) is 0.925. The molecule has 2 aromatic carbocycles. The summed E-state index contributed by atoms with van der Waals surface area (Å²) in [6.45, 7) is 1.34. The topological polar surface area (TPSA) is 40.2 Å². The molecule has 4 nitrogen and oxygen atoms in total. The van der Waals surface area contributed by atoms with Gasteiger partial charge in [-0.05, 0) is 16.8 Å². The van der Waals surface area contributed by atoms with Crippen LogP contribution in [0.4, 0.5) is 0 Å². The molecule has 0 radical (unpaired) electrons. The fourth-order valence-electron chi connectivity index (χ4n) is 2.32. The zero-order valence-corrected chi connectivity index (χ0v) is 11.7. The molecule has 1 heterocycles. The average molecular weight is 274 g/mol. The van der Waals surface area contributed by atoms with Crippen molar-refractivity contribution in [2.24, 2.45) is 0 Å². The van der Waals surface area contributed by atoms with Gasteiger partial charge in [0.15, 0.2) is 6.29 Å². The van der Waals surface area contributed by atoms with E-state index in [-0.39, 0.29) is 6.10 Å². The van der Waals surface area contributed by atoms with Gasteiger partial charge in [0.25, 0.3) is 0 Å². The van der Waals surface area contributed by atoms with E-state index in [9.17, 15) is 0 Å². The molecule has 0 N–H and O–H groups in total. The minimum Gasteiger partial charge on any atom is -0.490 e. The van der Waals surface area contributed by atoms with Crippen molar-refractivity contribution in [1.82, 2.24) is 0 Å². The first kappa shape index (κ1) is 13.4. The molecule has 3 rings (SSSR count). The Hall–Kier alpha value is -1.62. The second-order valence-electron chi connectivity index (χ2n) is 4.77. The standard InChI is InChI=1S/C16H18O4/c1-17-16(18-2)15-13-6-4-3-5-11(13)7-8-14(15)20-10-12-9-19-12/h3-8,12,16H,9-10H2,1-2H3. The molecule has 20 heavy (non-hydrogen) atoms. The molecule has 0 aromatic heterocycles. The fourth-order valence-corrected chi connectivity index (χ4v) is 2.32. The van der Waals surface area contributed by atoms with E-state index < -0.39 is 6.29 Å². The molecule has 1 fully saturated rings. The Kier molecular flexibility index (Phi) is 3.87. The van der Waals surface area contributed by atoms with Crippen LogP contribution >= 0.6 is 0 Å². The molecule has 0 spiro atoms. The van der Waals surface area contributed by atoms with Crippen LogP contribution in [0.5, 0.6) is 5.75 Å². The van der Waals surface area contributed by atoms with Gasteiger partial charge in [0.1, 0.15) is 18.5 Å². The molecule has 4 heteroatoms. The van der Waals surface area contributed by atoms with Gasteiger partial charge in [-0.2, -0.15) is 0 Å². The van der Waals surface area contributed by atoms with Gasteiger partial charge in [0, 0.05) is 14.2 Å². The van der Waals surface area contributed by atoms with Crippen LogP contribution in [0.1, 0.15) is 11.9 Å². The normalized spacial score (nSPS) is 17.6. The second kappa shape index (κ2) is 5.79. The van der Waals surface area contributed by atoms with Gasteiger partial charge in [-0.1, -0.05) is 30.3 Å². The van der Waals surface area contributed by atoms with Crippen LogP contribution in [-0.2, 0) is 14.2 Å². The van der Waals surface area contributed by atoms with E-state index in [1.807, 2.05) is 24.3 Å². The van der Waals surface area contributed by atoms with Crippen molar-refractivity contribution in [1.29, 1.82) is 0 Å². The molecular weight excluding hydrogens is 256 g/mol. The molecule has 1 aliphatic rings. The molecule has 106 valence electrons. The lowest BCUT2D eigenvalue weighted by Crippen LogP contribution is -2.10. The number of fused-ring (bicyclic) bond motifs is 1. The van der Waals surface area contributed by atoms with Gasteiger partial charge >= 0.3 is 0 Å². The number of rotatable bonds is 6. The van der Waals surface area contributed by atoms with Gasteiger partial charge in [-0.15, -0.1) is 0 Å². The lowest BCUT2D eigenvalue weighted by atomic mass is 10.0. The van der Waals surface area contributed by atoms with Crippen molar-refractivity contribution >= 4 is 10.8 Å². The summed E-state index contributed by atoms with van der Waals surface area (Å²) in [7, 11) is 3.26. The molecule has 0 saturated carbocycles. The SMILES string of the molecule is COC(OC)c1c(OCC2CO2)ccc2ccccc12. The number of hydrogen-bond donors (Lipinski definition) is 0. The summed E-state index contributed by atoms with van der Waals surface area (Å²) in [5, 5.41) is 2.21. The van der Waals surface area contributed by atoms with Crippen molar-refractivity contribution in [3.8, 4) is 5.75 Å². The summed E-state index contributed by atoms with van der Waals surface area (Å²) >= 11 is 0. The Morgan fingerprint density at radius 1 is 1.15 bits per heavy atom. The molecule has 1 atom stereocenters. The third-order valence-electron chi connectivity index (χ3n) is 3.42. The maximum atomic E-state index is 5.87. The minimum atomic E-state index is -0.448. The summed E-state index contributed by atoms with van der Waals surface area (Å²) in [6.07, 6.45) is -0.228. The lowest BCUT2D eigenvalue weighted by molar-refractivity contribution is -0.106. The maximum Gasteiger partial charge on any atom is 0.187 e. The van der Waals surface area contributed by atoms with E-state index in [0.29, 0.717) is 6.61 Å². The number of epoxide rings is 1. The van der Waals surface area contributed by atoms with Gasteiger partial charge in [-0.25, -0.2) is 0 Å². The molecule has 1 saturated heterocycles. The minimum absolute atomic E-state index is 0.220. The molecule has 0 aliphatic carbocycles. The monoisotopic (exact) mass is 274 g/mol. The molecule has 0 bridgehead atoms. The van der Waals surface area contributed by atoms with E-state index >= 15 is 0 Å². The predicted molar refractivity (Wildman–Crippen MR) is 75.9 cm³/mol. The number of methoxy groups -OCH3 is 2. The number of hydrogen-bond acceptors (Lipinski definition) is 4. The van der Waals surface area contributed by atoms with Crippen LogP contribution in [0, 0.1) is 0 Å². The van der Waals surface area contributed by atoms with Crippen molar-refractivity contribution in [3.05, 3.63) is 42.0 Å². The van der Waals surface area contributed by atoms with Gasteiger partial charge < -0.3 is 18.9 Å².